The van der Waals surface area contributed by atoms with Crippen LogP contribution in [0.25, 0.3) is 0 Å². The zero-order valence-corrected chi connectivity index (χ0v) is 18.7. The largest absolute Gasteiger partial charge is 0.309 e. The van der Waals surface area contributed by atoms with Crippen molar-refractivity contribution in [2.24, 2.45) is 13.0 Å². The van der Waals surface area contributed by atoms with E-state index in [0.717, 1.165) is 28.3 Å². The number of nitrogens with one attached hydrogen (secondary N) is 1. The fraction of sp³-hybridized carbons (Fsp3) is 0.750. The number of rotatable bonds is 7. The molecule has 2 aromatic rings. The van der Waals surface area contributed by atoms with Gasteiger partial charge in [-0.05, 0) is 18.8 Å². The van der Waals surface area contributed by atoms with E-state index in [1.807, 2.05) is 11.6 Å². The Morgan fingerprint density at radius 1 is 1.03 bits per heavy atom. The fourth-order valence-corrected chi connectivity index (χ4v) is 6.04. The lowest BCUT2D eigenvalue weighted by Crippen LogP contribution is -2.15. The number of carbonyl (C=O) groups is 1. The number of aromatic nitrogens is 5. The lowest BCUT2D eigenvalue weighted by molar-refractivity contribution is -0.113. The first kappa shape index (κ1) is 20.8. The van der Waals surface area contributed by atoms with E-state index < -0.39 is 0 Å². The van der Waals surface area contributed by atoms with Crippen molar-refractivity contribution in [1.29, 1.82) is 0 Å². The second-order valence-corrected chi connectivity index (χ2v) is 10.2. The van der Waals surface area contributed by atoms with Gasteiger partial charge in [0.2, 0.25) is 11.0 Å². The molecular formula is C20H30N6OS2. The fourth-order valence-electron chi connectivity index (χ4n) is 4.38. The van der Waals surface area contributed by atoms with Gasteiger partial charge in [-0.2, -0.15) is 0 Å². The van der Waals surface area contributed by atoms with E-state index in [9.17, 15) is 4.79 Å². The summed E-state index contributed by atoms with van der Waals surface area (Å²) >= 11 is 2.95. The van der Waals surface area contributed by atoms with Gasteiger partial charge in [-0.15, -0.1) is 20.4 Å². The summed E-state index contributed by atoms with van der Waals surface area (Å²) in [4.78, 5) is 12.4. The van der Waals surface area contributed by atoms with Gasteiger partial charge in [0.25, 0.3) is 0 Å². The van der Waals surface area contributed by atoms with Crippen LogP contribution in [0, 0.1) is 5.92 Å². The van der Waals surface area contributed by atoms with Gasteiger partial charge < -0.3 is 4.57 Å². The van der Waals surface area contributed by atoms with Gasteiger partial charge in [0, 0.05) is 19.4 Å². The van der Waals surface area contributed by atoms with Gasteiger partial charge in [-0.1, -0.05) is 74.5 Å². The van der Waals surface area contributed by atoms with Gasteiger partial charge in [0.05, 0.1) is 5.75 Å². The zero-order valence-electron chi connectivity index (χ0n) is 17.1. The Balaban J connectivity index is 1.26. The van der Waals surface area contributed by atoms with Crippen LogP contribution >= 0.6 is 23.1 Å². The summed E-state index contributed by atoms with van der Waals surface area (Å²) in [5.74, 6) is 2.50. The first-order chi connectivity index (χ1) is 14.2. The van der Waals surface area contributed by atoms with Crippen molar-refractivity contribution in [3.05, 3.63) is 10.8 Å². The van der Waals surface area contributed by atoms with Gasteiger partial charge >= 0.3 is 0 Å². The SMILES string of the molecule is Cn1c(CC2CCCCC2)nnc1SCC(=O)Nc1nnc(C2CCCCC2)s1. The molecule has 4 rings (SSSR count). The molecule has 0 spiro atoms. The van der Waals surface area contributed by atoms with Crippen LogP contribution in [-0.4, -0.2) is 36.6 Å². The number of thioether (sulfide) groups is 1. The highest BCUT2D eigenvalue weighted by Crippen LogP contribution is 2.35. The second kappa shape index (κ2) is 10.0. The Bertz CT molecular complexity index is 808. The highest BCUT2D eigenvalue weighted by atomic mass is 32.2. The molecule has 0 aromatic carbocycles. The average Bonchev–Trinajstić information content (AvgIpc) is 3.35. The third kappa shape index (κ3) is 5.57. The van der Waals surface area contributed by atoms with Gasteiger partial charge in [0.15, 0.2) is 5.16 Å². The molecule has 2 aliphatic carbocycles. The number of hydrogen-bond donors (Lipinski definition) is 1. The molecule has 2 saturated carbocycles. The number of carbonyl (C=O) groups excluding carboxylic acids is 1. The van der Waals surface area contributed by atoms with E-state index in [-0.39, 0.29) is 5.91 Å². The van der Waals surface area contributed by atoms with Crippen LogP contribution in [0.4, 0.5) is 5.13 Å². The molecule has 0 atom stereocenters. The quantitative estimate of drug-likeness (QED) is 0.643. The number of nitrogens with zero attached hydrogens (tertiary/aromatic N) is 5. The number of hydrogen-bond acceptors (Lipinski definition) is 7. The van der Waals surface area contributed by atoms with Gasteiger partial charge in [-0.3, -0.25) is 10.1 Å². The molecule has 0 bridgehead atoms. The molecule has 2 aliphatic rings. The van der Waals surface area contributed by atoms with E-state index in [4.69, 9.17) is 0 Å². The van der Waals surface area contributed by atoms with E-state index in [1.54, 1.807) is 0 Å². The Hall–Kier alpha value is -1.48. The summed E-state index contributed by atoms with van der Waals surface area (Å²) in [5, 5.41) is 22.5. The summed E-state index contributed by atoms with van der Waals surface area (Å²) in [6.07, 6.45) is 13.8. The molecule has 7 nitrogen and oxygen atoms in total. The number of anilines is 1. The molecule has 2 heterocycles. The smallest absolute Gasteiger partial charge is 0.236 e. The maximum absolute atomic E-state index is 12.4. The topological polar surface area (TPSA) is 85.6 Å². The molecule has 2 fully saturated rings. The Morgan fingerprint density at radius 3 is 2.52 bits per heavy atom. The average molecular weight is 435 g/mol. The van der Waals surface area contributed by atoms with Crippen molar-refractivity contribution < 1.29 is 4.79 Å². The molecule has 29 heavy (non-hydrogen) atoms. The molecule has 2 aromatic heterocycles. The lowest BCUT2D eigenvalue weighted by Gasteiger charge is -2.20. The standard InChI is InChI=1S/C20H30N6OS2/c1-26-16(12-14-8-4-2-5-9-14)22-25-20(26)28-13-17(27)21-19-24-23-18(29-19)15-10-6-3-7-11-15/h14-15H,2-13H2,1H3,(H,21,24,27). The van der Waals surface area contributed by atoms with Crippen molar-refractivity contribution in [1.82, 2.24) is 25.0 Å². The van der Waals surface area contributed by atoms with E-state index in [1.165, 1.54) is 87.3 Å². The highest BCUT2D eigenvalue weighted by Gasteiger charge is 2.21. The summed E-state index contributed by atoms with van der Waals surface area (Å²) in [5.41, 5.74) is 0. The molecular weight excluding hydrogens is 404 g/mol. The minimum absolute atomic E-state index is 0.0711. The van der Waals surface area contributed by atoms with Crippen molar-refractivity contribution in [3.63, 3.8) is 0 Å². The van der Waals surface area contributed by atoms with Crippen LogP contribution in [0.5, 0.6) is 0 Å². The molecule has 0 saturated heterocycles. The van der Waals surface area contributed by atoms with Crippen LogP contribution in [0.15, 0.2) is 5.16 Å². The number of amides is 1. The lowest BCUT2D eigenvalue weighted by atomic mass is 9.87. The molecule has 1 N–H and O–H groups in total. The van der Waals surface area contributed by atoms with Crippen molar-refractivity contribution in [3.8, 4) is 0 Å². The van der Waals surface area contributed by atoms with Gasteiger partial charge in [0.1, 0.15) is 10.8 Å². The first-order valence-electron chi connectivity index (χ1n) is 10.8. The van der Waals surface area contributed by atoms with Crippen molar-refractivity contribution in [2.75, 3.05) is 11.1 Å². The summed E-state index contributed by atoms with van der Waals surface area (Å²) in [7, 11) is 2.00. The molecule has 0 radical (unpaired) electrons. The summed E-state index contributed by atoms with van der Waals surface area (Å²) in [6, 6.07) is 0. The van der Waals surface area contributed by atoms with Crippen molar-refractivity contribution >= 4 is 34.1 Å². The maximum atomic E-state index is 12.4. The van der Waals surface area contributed by atoms with E-state index >= 15 is 0 Å². The molecule has 0 aliphatic heterocycles. The first-order valence-corrected chi connectivity index (χ1v) is 12.6. The minimum Gasteiger partial charge on any atom is -0.309 e. The van der Waals surface area contributed by atoms with Crippen LogP contribution in [0.3, 0.4) is 0 Å². The van der Waals surface area contributed by atoms with E-state index in [2.05, 4.69) is 25.7 Å². The Kier molecular flexibility index (Phi) is 7.18. The molecule has 9 heteroatoms. The Labute approximate surface area is 180 Å². The normalized spacial score (nSPS) is 18.8. The highest BCUT2D eigenvalue weighted by molar-refractivity contribution is 7.99. The third-order valence-corrected chi connectivity index (χ3v) is 8.12. The maximum Gasteiger partial charge on any atom is 0.236 e. The van der Waals surface area contributed by atoms with Gasteiger partial charge in [-0.25, -0.2) is 0 Å². The Morgan fingerprint density at radius 2 is 1.76 bits per heavy atom. The molecule has 158 valence electrons. The summed E-state index contributed by atoms with van der Waals surface area (Å²) in [6.45, 7) is 0. The summed E-state index contributed by atoms with van der Waals surface area (Å²) < 4.78 is 2.04. The minimum atomic E-state index is -0.0711. The predicted octanol–water partition coefficient (Wildman–Crippen LogP) is 4.57. The van der Waals surface area contributed by atoms with Crippen LogP contribution in [0.1, 0.15) is 81.0 Å². The molecule has 0 unspecified atom stereocenters. The monoisotopic (exact) mass is 434 g/mol. The van der Waals surface area contributed by atoms with Crippen LogP contribution in [0.2, 0.25) is 0 Å². The van der Waals surface area contributed by atoms with Crippen LogP contribution in [-0.2, 0) is 18.3 Å². The van der Waals surface area contributed by atoms with Crippen molar-refractivity contribution in [2.45, 2.75) is 81.7 Å². The second-order valence-electron chi connectivity index (χ2n) is 8.28. The van der Waals surface area contributed by atoms with Crippen LogP contribution < -0.4 is 5.32 Å². The third-order valence-electron chi connectivity index (χ3n) is 6.09. The zero-order chi connectivity index (χ0) is 20.1. The predicted molar refractivity (Wildman–Crippen MR) is 116 cm³/mol. The molecule has 1 amide bonds. The van der Waals surface area contributed by atoms with E-state index in [0.29, 0.717) is 16.8 Å².